The molecule has 0 radical (unpaired) electrons. The van der Waals surface area contributed by atoms with Crippen LogP contribution in [0.4, 0.5) is 0 Å². The van der Waals surface area contributed by atoms with E-state index in [0.29, 0.717) is 0 Å². The van der Waals surface area contributed by atoms with Crippen molar-refractivity contribution in [3.63, 3.8) is 0 Å². The van der Waals surface area contributed by atoms with Gasteiger partial charge < -0.3 is 4.98 Å². The summed E-state index contributed by atoms with van der Waals surface area (Å²) in [5, 5.41) is 1.04. The highest BCUT2D eigenvalue weighted by Gasteiger charge is 2.24. The van der Waals surface area contributed by atoms with Gasteiger partial charge in [-0.25, -0.2) is 8.42 Å². The summed E-state index contributed by atoms with van der Waals surface area (Å²) in [6, 6.07) is 23.8. The predicted molar refractivity (Wildman–Crippen MR) is 116 cm³/mol. The maximum Gasteiger partial charge on any atom is 0.241 e. The van der Waals surface area contributed by atoms with Crippen molar-refractivity contribution < 1.29 is 8.42 Å². The van der Waals surface area contributed by atoms with Crippen LogP contribution in [0, 0.1) is 6.92 Å². The highest BCUT2D eigenvalue weighted by atomic mass is 79.9. The molecule has 2 N–H and O–H groups in total. The quantitative estimate of drug-likeness (QED) is 0.429. The molecule has 0 spiro atoms. The molecule has 28 heavy (non-hydrogen) atoms. The summed E-state index contributed by atoms with van der Waals surface area (Å²) < 4.78 is 29.9. The number of aromatic nitrogens is 1. The van der Waals surface area contributed by atoms with Crippen molar-refractivity contribution >= 4 is 36.9 Å². The number of sulfonamides is 1. The second-order valence-corrected chi connectivity index (χ2v) is 9.36. The third kappa shape index (κ3) is 3.90. The molecule has 0 saturated heterocycles. The van der Waals surface area contributed by atoms with Crippen LogP contribution in [0.15, 0.2) is 88.2 Å². The number of para-hydroxylation sites is 1. The lowest BCUT2D eigenvalue weighted by Crippen LogP contribution is -2.29. The van der Waals surface area contributed by atoms with E-state index in [4.69, 9.17) is 0 Å². The van der Waals surface area contributed by atoms with E-state index in [1.54, 1.807) is 24.3 Å². The van der Waals surface area contributed by atoms with Crippen LogP contribution in [0.2, 0.25) is 0 Å². The van der Waals surface area contributed by atoms with Crippen LogP contribution in [0.3, 0.4) is 0 Å². The minimum absolute atomic E-state index is 0.247. The Bertz CT molecular complexity index is 1180. The molecule has 0 aliphatic rings. The fourth-order valence-corrected chi connectivity index (χ4v) is 4.63. The van der Waals surface area contributed by atoms with Crippen molar-refractivity contribution in [3.8, 4) is 0 Å². The summed E-state index contributed by atoms with van der Waals surface area (Å²) >= 11 is 3.44. The first-order valence-electron chi connectivity index (χ1n) is 8.84. The maximum atomic E-state index is 13.0. The van der Waals surface area contributed by atoms with E-state index in [9.17, 15) is 8.42 Å². The Labute approximate surface area is 172 Å². The molecule has 0 bridgehead atoms. The second kappa shape index (κ2) is 7.54. The third-order valence-corrected chi connectivity index (χ3v) is 6.64. The Morgan fingerprint density at radius 1 is 0.929 bits per heavy atom. The van der Waals surface area contributed by atoms with Gasteiger partial charge in [0.25, 0.3) is 0 Å². The molecule has 1 heterocycles. The smallest absolute Gasteiger partial charge is 0.241 e. The molecule has 142 valence electrons. The molecule has 4 aromatic rings. The van der Waals surface area contributed by atoms with Crippen molar-refractivity contribution in [1.82, 2.24) is 9.71 Å². The number of hydrogen-bond acceptors (Lipinski definition) is 2. The minimum atomic E-state index is -3.70. The highest BCUT2D eigenvalue weighted by molar-refractivity contribution is 9.10. The molecular formula is C22H19BrN2O2S. The van der Waals surface area contributed by atoms with Crippen LogP contribution in [-0.2, 0) is 10.0 Å². The van der Waals surface area contributed by atoms with E-state index in [2.05, 4.69) is 25.6 Å². The lowest BCUT2D eigenvalue weighted by Gasteiger charge is -2.19. The standard InChI is InChI=1S/C22H19BrN2O2S/c1-15-6-12-19(13-7-15)28(26,27)25-22(16-8-10-18(23)11-9-16)21-14-17-4-2-3-5-20(17)24-21/h2-14,22,24-25H,1H3. The van der Waals surface area contributed by atoms with Gasteiger partial charge in [0.2, 0.25) is 10.0 Å². The highest BCUT2D eigenvalue weighted by Crippen LogP contribution is 2.28. The van der Waals surface area contributed by atoms with Crippen LogP contribution in [-0.4, -0.2) is 13.4 Å². The van der Waals surface area contributed by atoms with Crippen LogP contribution >= 0.6 is 15.9 Å². The van der Waals surface area contributed by atoms with Gasteiger partial charge in [-0.1, -0.05) is 64.0 Å². The van der Waals surface area contributed by atoms with Crippen molar-refractivity contribution in [2.24, 2.45) is 0 Å². The summed E-state index contributed by atoms with van der Waals surface area (Å²) in [4.78, 5) is 3.60. The fraction of sp³-hybridized carbons (Fsp3) is 0.0909. The number of benzene rings is 3. The fourth-order valence-electron chi connectivity index (χ4n) is 3.16. The van der Waals surface area contributed by atoms with Gasteiger partial charge in [-0.3, -0.25) is 0 Å². The van der Waals surface area contributed by atoms with Gasteiger partial charge in [-0.05, 0) is 54.3 Å². The summed E-state index contributed by atoms with van der Waals surface area (Å²) in [6.45, 7) is 1.93. The van der Waals surface area contributed by atoms with E-state index in [-0.39, 0.29) is 4.90 Å². The number of nitrogens with one attached hydrogen (secondary N) is 2. The molecule has 3 aromatic carbocycles. The molecule has 1 atom stereocenters. The van der Waals surface area contributed by atoms with Gasteiger partial charge in [0.15, 0.2) is 0 Å². The molecule has 4 nitrogen and oxygen atoms in total. The number of fused-ring (bicyclic) bond motifs is 1. The second-order valence-electron chi connectivity index (χ2n) is 6.73. The van der Waals surface area contributed by atoms with E-state index >= 15 is 0 Å². The van der Waals surface area contributed by atoms with Gasteiger partial charge in [-0.2, -0.15) is 4.72 Å². The topological polar surface area (TPSA) is 62.0 Å². The Kier molecular flexibility index (Phi) is 5.10. The Morgan fingerprint density at radius 2 is 1.61 bits per heavy atom. The van der Waals surface area contributed by atoms with Gasteiger partial charge in [-0.15, -0.1) is 0 Å². The van der Waals surface area contributed by atoms with Crippen LogP contribution in [0.1, 0.15) is 22.9 Å². The molecule has 0 amide bonds. The van der Waals surface area contributed by atoms with Gasteiger partial charge >= 0.3 is 0 Å². The summed E-state index contributed by atoms with van der Waals surface area (Å²) in [5.41, 5.74) is 3.62. The number of rotatable bonds is 5. The average Bonchev–Trinajstić information content (AvgIpc) is 3.11. The summed E-state index contributed by atoms with van der Waals surface area (Å²) in [7, 11) is -3.70. The normalized spacial score (nSPS) is 12.9. The van der Waals surface area contributed by atoms with E-state index in [0.717, 1.165) is 32.2 Å². The number of aromatic amines is 1. The SMILES string of the molecule is Cc1ccc(S(=O)(=O)NC(c2ccc(Br)cc2)c2cc3ccccc3[nH]2)cc1. The molecule has 1 aromatic heterocycles. The molecule has 0 fully saturated rings. The summed E-state index contributed by atoms with van der Waals surface area (Å²) in [5.74, 6) is 0. The zero-order valence-corrected chi connectivity index (χ0v) is 17.6. The molecule has 0 saturated carbocycles. The van der Waals surface area contributed by atoms with Gasteiger partial charge in [0.05, 0.1) is 10.9 Å². The molecular weight excluding hydrogens is 436 g/mol. The minimum Gasteiger partial charge on any atom is -0.357 e. The zero-order chi connectivity index (χ0) is 19.7. The van der Waals surface area contributed by atoms with Crippen molar-refractivity contribution in [2.75, 3.05) is 0 Å². The van der Waals surface area contributed by atoms with Crippen LogP contribution < -0.4 is 4.72 Å². The molecule has 1 unspecified atom stereocenters. The molecule has 4 rings (SSSR count). The number of hydrogen-bond donors (Lipinski definition) is 2. The van der Waals surface area contributed by atoms with Crippen molar-refractivity contribution in [2.45, 2.75) is 17.9 Å². The monoisotopic (exact) mass is 454 g/mol. The number of halogens is 1. The average molecular weight is 455 g/mol. The van der Waals surface area contributed by atoms with Gasteiger partial charge in [0.1, 0.15) is 0 Å². The van der Waals surface area contributed by atoms with Gasteiger partial charge in [0, 0.05) is 15.7 Å². The molecule has 0 aliphatic heterocycles. The summed E-state index contributed by atoms with van der Waals surface area (Å²) in [6.07, 6.45) is 0. The Hall–Kier alpha value is -2.41. The van der Waals surface area contributed by atoms with Crippen molar-refractivity contribution in [3.05, 3.63) is 100 Å². The maximum absolute atomic E-state index is 13.0. The first-order valence-corrected chi connectivity index (χ1v) is 11.1. The Balaban J connectivity index is 1.78. The van der Waals surface area contributed by atoms with Crippen LogP contribution in [0.25, 0.3) is 10.9 Å². The zero-order valence-electron chi connectivity index (χ0n) is 15.2. The predicted octanol–water partition coefficient (Wildman–Crippen LogP) is 5.31. The van der Waals surface area contributed by atoms with E-state index in [1.807, 2.05) is 61.5 Å². The lowest BCUT2D eigenvalue weighted by atomic mass is 10.1. The largest absolute Gasteiger partial charge is 0.357 e. The third-order valence-electron chi connectivity index (χ3n) is 4.67. The van der Waals surface area contributed by atoms with E-state index < -0.39 is 16.1 Å². The number of aryl methyl sites for hydroxylation is 1. The molecule has 6 heteroatoms. The Morgan fingerprint density at radius 3 is 2.29 bits per heavy atom. The first-order chi connectivity index (χ1) is 13.4. The van der Waals surface area contributed by atoms with Crippen LogP contribution in [0.5, 0.6) is 0 Å². The molecule has 0 aliphatic carbocycles. The number of H-pyrrole nitrogens is 1. The lowest BCUT2D eigenvalue weighted by molar-refractivity contribution is 0.570. The van der Waals surface area contributed by atoms with Crippen molar-refractivity contribution in [1.29, 1.82) is 0 Å². The first kappa shape index (κ1) is 18.9. The van der Waals surface area contributed by atoms with E-state index in [1.165, 1.54) is 0 Å².